The topological polar surface area (TPSA) is 220 Å². The first kappa shape index (κ1) is 61.4. The number of methoxy groups -OCH3 is 1. The minimum Gasteiger partial charge on any atom is -0.497 e. The Morgan fingerprint density at radius 3 is 1.49 bits per heavy atom. The van der Waals surface area contributed by atoms with Crippen LogP contribution in [0.4, 0.5) is 20.2 Å². The average Bonchev–Trinajstić information content (AvgIpc) is 0.905. The van der Waals surface area contributed by atoms with E-state index in [1.165, 1.54) is 11.1 Å². The largest absolute Gasteiger partial charge is 0.497 e. The molecular weight excluding hydrogens is 1110 g/mol. The molecular formula is C70H73N7O11. The zero-order valence-electron chi connectivity index (χ0n) is 50.1. The molecule has 7 amide bonds. The number of likely N-dealkylation sites (tertiary alicyclic amines) is 4. The number of aliphatic carboxylic acids is 2. The molecule has 6 atom stereocenters. The van der Waals surface area contributed by atoms with Crippen LogP contribution in [-0.2, 0) is 43.3 Å². The van der Waals surface area contributed by atoms with Gasteiger partial charge in [-0.1, -0.05) is 121 Å². The third-order valence-electron chi connectivity index (χ3n) is 16.7. The molecule has 0 bridgehead atoms. The van der Waals surface area contributed by atoms with E-state index in [0.29, 0.717) is 37.5 Å². The summed E-state index contributed by atoms with van der Waals surface area (Å²) >= 11 is 0. The number of benzene rings is 5. The van der Waals surface area contributed by atoms with E-state index in [0.717, 1.165) is 85.7 Å². The minimum atomic E-state index is -1.32. The molecule has 4 aliphatic heterocycles. The number of hydrogen-bond donors (Lipinski definition) is 2. The Kier molecular flexibility index (Phi) is 18.8. The summed E-state index contributed by atoms with van der Waals surface area (Å²) in [6.07, 6.45) is 6.22. The van der Waals surface area contributed by atoms with Gasteiger partial charge in [0.05, 0.1) is 25.5 Å². The summed E-state index contributed by atoms with van der Waals surface area (Å²) in [6.45, 7) is 9.11. The maximum Gasteiger partial charge on any atom is 0.416 e. The summed E-state index contributed by atoms with van der Waals surface area (Å²) in [5.41, 5.74) is 8.96. The molecule has 0 saturated carbocycles. The lowest BCUT2D eigenvalue weighted by molar-refractivity contribution is -0.166. The van der Waals surface area contributed by atoms with E-state index in [1.807, 2.05) is 73.7 Å². The smallest absolute Gasteiger partial charge is 0.416 e. The van der Waals surface area contributed by atoms with Crippen molar-refractivity contribution < 1.29 is 53.2 Å². The lowest BCUT2D eigenvalue weighted by Gasteiger charge is -2.46. The molecule has 88 heavy (non-hydrogen) atoms. The fourth-order valence-electron chi connectivity index (χ4n) is 12.3. The Bertz CT molecular complexity index is 3690. The second-order valence-corrected chi connectivity index (χ2v) is 24.0. The van der Waals surface area contributed by atoms with Crippen molar-refractivity contribution in [1.82, 2.24) is 29.6 Å². The Morgan fingerprint density at radius 1 is 0.568 bits per heavy atom. The molecule has 2 unspecified atom stereocenters. The molecule has 7 aromatic rings. The molecule has 2 aromatic heterocycles. The lowest BCUT2D eigenvalue weighted by atomic mass is 9.82. The van der Waals surface area contributed by atoms with Crippen LogP contribution in [0.3, 0.4) is 0 Å². The number of rotatable bonds is 14. The van der Waals surface area contributed by atoms with Crippen LogP contribution in [-0.4, -0.2) is 133 Å². The van der Waals surface area contributed by atoms with E-state index in [2.05, 4.69) is 70.6 Å². The number of carbonyl (C=O) groups excluding carboxylic acids is 5. The van der Waals surface area contributed by atoms with Crippen LogP contribution in [0.25, 0.3) is 22.3 Å². The number of hydrogen-bond acceptors (Lipinski definition) is 11. The third-order valence-corrected chi connectivity index (χ3v) is 16.7. The Balaban J connectivity index is 0.000000207. The van der Waals surface area contributed by atoms with E-state index < -0.39 is 71.4 Å². The van der Waals surface area contributed by atoms with Gasteiger partial charge < -0.3 is 29.5 Å². The van der Waals surface area contributed by atoms with Crippen LogP contribution in [0, 0.1) is 18.8 Å². The van der Waals surface area contributed by atoms with Crippen LogP contribution in [0.15, 0.2) is 170 Å². The van der Waals surface area contributed by atoms with Gasteiger partial charge in [0.15, 0.2) is 12.1 Å². The quantitative estimate of drug-likeness (QED) is 0.0969. The number of ether oxygens (including phenoxy) is 2. The van der Waals surface area contributed by atoms with Gasteiger partial charge in [-0.05, 0) is 153 Å². The number of carboxylic acid groups (broad SMARTS) is 2. The normalized spacial score (nSPS) is 19.9. The first-order valence-corrected chi connectivity index (χ1v) is 29.8. The van der Waals surface area contributed by atoms with Gasteiger partial charge in [0.1, 0.15) is 17.2 Å². The van der Waals surface area contributed by atoms with Crippen molar-refractivity contribution in [1.29, 1.82) is 0 Å². The molecule has 0 radical (unpaired) electrons. The highest BCUT2D eigenvalue weighted by molar-refractivity contribution is 6.08. The molecule has 0 aliphatic carbocycles. The van der Waals surface area contributed by atoms with E-state index in [4.69, 9.17) is 9.47 Å². The number of aryl methyl sites for hydroxylation is 1. The summed E-state index contributed by atoms with van der Waals surface area (Å²) in [5.74, 6) is -3.93. The highest BCUT2D eigenvalue weighted by Gasteiger charge is 2.57. The van der Waals surface area contributed by atoms with Gasteiger partial charge in [0.2, 0.25) is 11.8 Å². The summed E-state index contributed by atoms with van der Waals surface area (Å²) in [6, 6.07) is 47.5. The van der Waals surface area contributed by atoms with E-state index in [1.54, 1.807) is 74.2 Å². The molecule has 454 valence electrons. The predicted octanol–water partition coefficient (Wildman–Crippen LogP) is 11.7. The van der Waals surface area contributed by atoms with Crippen LogP contribution in [0.5, 0.6) is 5.75 Å². The molecule has 18 heteroatoms. The minimum absolute atomic E-state index is 0.0503. The van der Waals surface area contributed by atoms with Gasteiger partial charge in [-0.3, -0.25) is 19.5 Å². The number of imide groups is 2. The van der Waals surface area contributed by atoms with Gasteiger partial charge in [-0.15, -0.1) is 0 Å². The number of pyridine rings is 2. The Morgan fingerprint density at radius 2 is 1.03 bits per heavy atom. The van der Waals surface area contributed by atoms with E-state index in [-0.39, 0.29) is 37.0 Å². The van der Waals surface area contributed by atoms with Crippen LogP contribution >= 0.6 is 0 Å². The zero-order valence-corrected chi connectivity index (χ0v) is 50.1. The third kappa shape index (κ3) is 14.1. The van der Waals surface area contributed by atoms with Gasteiger partial charge in [-0.2, -0.15) is 0 Å². The van der Waals surface area contributed by atoms with Crippen LogP contribution in [0.1, 0.15) is 91.8 Å². The first-order valence-electron chi connectivity index (χ1n) is 29.8. The first-order chi connectivity index (χ1) is 42.3. The van der Waals surface area contributed by atoms with E-state index in [9.17, 15) is 43.8 Å². The lowest BCUT2D eigenvalue weighted by Crippen LogP contribution is -2.69. The molecule has 2 N–H and O–H groups in total. The van der Waals surface area contributed by atoms with Crippen molar-refractivity contribution in [3.05, 3.63) is 204 Å². The number of carbonyl (C=O) groups is 7. The summed E-state index contributed by atoms with van der Waals surface area (Å²) in [7, 11) is 1.57. The molecule has 6 heterocycles. The van der Waals surface area contributed by atoms with Crippen molar-refractivity contribution in [3.8, 4) is 28.0 Å². The molecule has 0 spiro atoms. The number of anilines is 1. The number of urea groups is 2. The van der Waals surface area contributed by atoms with Crippen molar-refractivity contribution in [3.63, 3.8) is 0 Å². The van der Waals surface area contributed by atoms with Gasteiger partial charge in [0, 0.05) is 56.1 Å². The summed E-state index contributed by atoms with van der Waals surface area (Å²) in [5, 5.41) is 20.1. The number of carboxylic acids is 2. The monoisotopic (exact) mass is 1190 g/mol. The average molecular weight is 1190 g/mol. The van der Waals surface area contributed by atoms with Crippen molar-refractivity contribution >= 4 is 47.7 Å². The maximum atomic E-state index is 13.8. The fourth-order valence-corrected chi connectivity index (χ4v) is 12.3. The van der Waals surface area contributed by atoms with Crippen LogP contribution < -0.4 is 9.64 Å². The number of aromatic nitrogens is 2. The molecule has 4 aliphatic rings. The summed E-state index contributed by atoms with van der Waals surface area (Å²) < 4.78 is 11.0. The maximum absolute atomic E-state index is 13.8. The van der Waals surface area contributed by atoms with Gasteiger partial charge in [-0.25, -0.2) is 38.8 Å². The fraction of sp³-hybridized carbons (Fsp3) is 0.329. The molecule has 5 aromatic carbocycles. The highest BCUT2D eigenvalue weighted by Crippen LogP contribution is 2.38. The summed E-state index contributed by atoms with van der Waals surface area (Å²) in [4.78, 5) is 107. The van der Waals surface area contributed by atoms with E-state index >= 15 is 0 Å². The number of amides is 7. The molecule has 4 fully saturated rings. The number of nitrogens with zero attached hydrogens (tertiary/aromatic N) is 7. The molecule has 18 nitrogen and oxygen atoms in total. The van der Waals surface area contributed by atoms with Gasteiger partial charge in [0.25, 0.3) is 0 Å². The Hall–Kier alpha value is -9.71. The van der Waals surface area contributed by atoms with Crippen molar-refractivity contribution in [2.75, 3.05) is 38.2 Å². The van der Waals surface area contributed by atoms with Crippen molar-refractivity contribution in [2.45, 2.75) is 102 Å². The Labute approximate surface area is 512 Å². The molecule has 4 saturated heterocycles. The highest BCUT2D eigenvalue weighted by atomic mass is 16.6. The standard InChI is InChI=1S/C41H44N4O7.C29H29N3O4/c1-41(2,3)52-40(50)44(25-27-15-17-33(51-4)18-16-27)35-23-28(19-20-42-35)22-34-36(38(47)48)45(37(34)46)39(49)43-21-9-14-32(26-43)31-13-8-12-30(24-31)29-10-6-5-7-11-29;1-19-15-20(12-13-30-19)16-25-26(28(34)35)32(27(25)33)29(36)31-14-6-11-24(18-31)23-10-5-9-22(17-23)21-7-3-2-4-8-21/h5-8,10-13,15-20,23-24,32,34,36H,9,14,21-22,25-26H2,1-4H3,(H,47,48);2-5,7-10,12-13,15,17,24-26H,6,11,14,16,18H2,1H3,(H,34,35)/t32?,34-,36+;24?,25-,26+/m11/s1. The molecule has 11 rings (SSSR count). The number of β-lactam (4-membered cyclic amide) rings is 2. The van der Waals surface area contributed by atoms with Gasteiger partial charge >= 0.3 is 30.1 Å². The second kappa shape index (κ2) is 26.9. The van der Waals surface area contributed by atoms with Crippen molar-refractivity contribution in [2.24, 2.45) is 11.8 Å². The SMILES string of the molecule is COc1ccc(CN(C(=O)OC(C)(C)C)c2cc(C[C@H]3C(=O)N(C(=O)N4CCCC(c5cccc(-c6ccccc6)c5)C4)[C@@H]3C(=O)O)ccn2)cc1.Cc1cc(C[C@H]2C(=O)N(C(=O)N3CCCC(c4cccc(-c5ccccc5)c4)C3)[C@@H]2C(=O)O)ccn1. The zero-order chi connectivity index (χ0) is 62.2. The second-order valence-electron chi connectivity index (χ2n) is 24.0. The van der Waals surface area contributed by atoms with Crippen LogP contribution in [0.2, 0.25) is 0 Å². The number of piperidine rings is 2. The predicted molar refractivity (Wildman–Crippen MR) is 331 cm³/mol.